The Hall–Kier alpha value is -1.00. The van der Waals surface area contributed by atoms with E-state index in [9.17, 15) is 8.78 Å². The highest BCUT2D eigenvalue weighted by atomic mass is 19.1. The molecule has 0 aliphatic carbocycles. The molecule has 0 saturated carbocycles. The fourth-order valence-electron chi connectivity index (χ4n) is 1.71. The Balaban J connectivity index is 2.62. The number of benzene rings is 1. The summed E-state index contributed by atoms with van der Waals surface area (Å²) in [7, 11) is 0. The molecule has 0 bridgehead atoms. The molecule has 0 fully saturated rings. The molecule has 4 heteroatoms. The van der Waals surface area contributed by atoms with Crippen molar-refractivity contribution >= 4 is 0 Å². The van der Waals surface area contributed by atoms with Crippen LogP contribution in [0.5, 0.6) is 0 Å². The van der Waals surface area contributed by atoms with Crippen LogP contribution in [-0.4, -0.2) is 19.3 Å². The van der Waals surface area contributed by atoms with E-state index < -0.39 is 11.6 Å². The molecule has 0 aromatic heterocycles. The van der Waals surface area contributed by atoms with E-state index in [1.54, 1.807) is 6.92 Å². The molecular weight excluding hydrogens is 224 g/mol. The van der Waals surface area contributed by atoms with Gasteiger partial charge in [-0.1, -0.05) is 0 Å². The van der Waals surface area contributed by atoms with Gasteiger partial charge in [0.2, 0.25) is 0 Å². The molecule has 2 atom stereocenters. The highest BCUT2D eigenvalue weighted by Gasteiger charge is 2.14. The zero-order valence-electron chi connectivity index (χ0n) is 10.5. The van der Waals surface area contributed by atoms with Crippen molar-refractivity contribution in [3.63, 3.8) is 0 Å². The van der Waals surface area contributed by atoms with Crippen molar-refractivity contribution in [3.05, 3.63) is 35.4 Å². The third-order valence-corrected chi connectivity index (χ3v) is 2.53. The quantitative estimate of drug-likeness (QED) is 0.829. The van der Waals surface area contributed by atoms with E-state index in [0.29, 0.717) is 18.8 Å². The van der Waals surface area contributed by atoms with Gasteiger partial charge in [0.25, 0.3) is 0 Å². The topological polar surface area (TPSA) is 21.3 Å². The molecule has 0 radical (unpaired) electrons. The van der Waals surface area contributed by atoms with Crippen molar-refractivity contribution in [1.29, 1.82) is 0 Å². The summed E-state index contributed by atoms with van der Waals surface area (Å²) in [6.07, 6.45) is 0. The third-order valence-electron chi connectivity index (χ3n) is 2.53. The molecule has 1 N–H and O–H groups in total. The van der Waals surface area contributed by atoms with Crippen molar-refractivity contribution in [2.24, 2.45) is 0 Å². The van der Waals surface area contributed by atoms with Crippen molar-refractivity contribution in [3.8, 4) is 0 Å². The Labute approximate surface area is 101 Å². The van der Waals surface area contributed by atoms with Gasteiger partial charge in [0.1, 0.15) is 11.6 Å². The second-order valence-electron chi connectivity index (χ2n) is 4.11. The van der Waals surface area contributed by atoms with Crippen LogP contribution < -0.4 is 5.32 Å². The Morgan fingerprint density at radius 2 is 2.00 bits per heavy atom. The van der Waals surface area contributed by atoms with Gasteiger partial charge in [0.15, 0.2) is 0 Å². The van der Waals surface area contributed by atoms with Crippen molar-refractivity contribution in [1.82, 2.24) is 5.32 Å². The largest absolute Gasteiger partial charge is 0.380 e. The molecule has 0 aliphatic rings. The summed E-state index contributed by atoms with van der Waals surface area (Å²) in [6.45, 7) is 6.87. The van der Waals surface area contributed by atoms with Crippen LogP contribution in [0.25, 0.3) is 0 Å². The summed E-state index contributed by atoms with van der Waals surface area (Å²) in [4.78, 5) is 0. The van der Waals surface area contributed by atoms with Crippen LogP contribution in [0.4, 0.5) is 8.78 Å². The molecule has 0 heterocycles. The van der Waals surface area contributed by atoms with Gasteiger partial charge in [-0.25, -0.2) is 8.78 Å². The maximum atomic E-state index is 13.5. The molecular formula is C13H19F2NO. The molecule has 0 saturated heterocycles. The van der Waals surface area contributed by atoms with Crippen molar-refractivity contribution in [2.45, 2.75) is 32.9 Å². The fourth-order valence-corrected chi connectivity index (χ4v) is 1.71. The molecule has 2 nitrogen and oxygen atoms in total. The molecule has 1 rings (SSSR count). The normalized spacial score (nSPS) is 14.6. The van der Waals surface area contributed by atoms with Crippen LogP contribution in [0.2, 0.25) is 0 Å². The van der Waals surface area contributed by atoms with Gasteiger partial charge in [-0.3, -0.25) is 0 Å². The van der Waals surface area contributed by atoms with Crippen LogP contribution in [-0.2, 0) is 4.74 Å². The van der Waals surface area contributed by atoms with Crippen LogP contribution in [0.3, 0.4) is 0 Å². The van der Waals surface area contributed by atoms with E-state index in [-0.39, 0.29) is 12.1 Å². The summed E-state index contributed by atoms with van der Waals surface area (Å²) in [5.41, 5.74) is 0.341. The van der Waals surface area contributed by atoms with Gasteiger partial charge in [0.05, 0.1) is 6.61 Å². The summed E-state index contributed by atoms with van der Waals surface area (Å²) in [5, 5.41) is 3.17. The lowest BCUT2D eigenvalue weighted by atomic mass is 10.1. The van der Waals surface area contributed by atoms with Gasteiger partial charge in [-0.05, 0) is 39.0 Å². The smallest absolute Gasteiger partial charge is 0.128 e. The molecule has 0 aliphatic heterocycles. The molecule has 17 heavy (non-hydrogen) atoms. The number of halogens is 2. The fraction of sp³-hybridized carbons (Fsp3) is 0.538. The lowest BCUT2D eigenvalue weighted by Crippen LogP contribution is -2.33. The first-order chi connectivity index (χ1) is 8.04. The predicted molar refractivity (Wildman–Crippen MR) is 63.9 cm³/mol. The number of ether oxygens (including phenoxy) is 1. The van der Waals surface area contributed by atoms with Crippen molar-refractivity contribution < 1.29 is 13.5 Å². The Morgan fingerprint density at radius 3 is 2.65 bits per heavy atom. The number of hydrogen-bond donors (Lipinski definition) is 1. The van der Waals surface area contributed by atoms with E-state index >= 15 is 0 Å². The minimum absolute atomic E-state index is 0.0904. The lowest BCUT2D eigenvalue weighted by Gasteiger charge is -2.20. The van der Waals surface area contributed by atoms with E-state index in [1.165, 1.54) is 6.07 Å². The lowest BCUT2D eigenvalue weighted by molar-refractivity contribution is 0.124. The molecule has 2 unspecified atom stereocenters. The predicted octanol–water partition coefficient (Wildman–Crippen LogP) is 3.04. The van der Waals surface area contributed by atoms with E-state index in [2.05, 4.69) is 5.32 Å². The summed E-state index contributed by atoms with van der Waals surface area (Å²) in [6, 6.07) is 3.33. The molecule has 1 aromatic carbocycles. The number of rotatable bonds is 6. The first-order valence-electron chi connectivity index (χ1n) is 5.83. The van der Waals surface area contributed by atoms with Gasteiger partial charge in [0, 0.05) is 24.3 Å². The molecule has 96 valence electrons. The highest BCUT2D eigenvalue weighted by molar-refractivity contribution is 5.21. The Kier molecular flexibility index (Phi) is 5.51. The van der Waals surface area contributed by atoms with Crippen LogP contribution in [0.15, 0.2) is 18.2 Å². The second kappa shape index (κ2) is 6.67. The summed E-state index contributed by atoms with van der Waals surface area (Å²) >= 11 is 0. The van der Waals surface area contributed by atoms with E-state index in [0.717, 1.165) is 12.1 Å². The summed E-state index contributed by atoms with van der Waals surface area (Å²) < 4.78 is 31.8. The minimum atomic E-state index is -0.424. The monoisotopic (exact) mass is 243 g/mol. The number of hydrogen-bond acceptors (Lipinski definition) is 2. The third kappa shape index (κ3) is 4.40. The minimum Gasteiger partial charge on any atom is -0.380 e. The van der Waals surface area contributed by atoms with Crippen LogP contribution in [0, 0.1) is 11.6 Å². The first kappa shape index (κ1) is 14.1. The maximum absolute atomic E-state index is 13.5. The Bertz CT molecular complexity index is 357. The zero-order chi connectivity index (χ0) is 12.8. The number of nitrogens with one attached hydrogen (secondary N) is 1. The second-order valence-corrected chi connectivity index (χ2v) is 4.11. The summed E-state index contributed by atoms with van der Waals surface area (Å²) in [5.74, 6) is -0.817. The maximum Gasteiger partial charge on any atom is 0.128 e. The Morgan fingerprint density at radius 1 is 1.29 bits per heavy atom. The molecule has 0 spiro atoms. The average molecular weight is 243 g/mol. The van der Waals surface area contributed by atoms with Gasteiger partial charge >= 0.3 is 0 Å². The van der Waals surface area contributed by atoms with Gasteiger partial charge in [-0.15, -0.1) is 0 Å². The van der Waals surface area contributed by atoms with E-state index in [1.807, 2.05) is 13.8 Å². The molecule has 0 amide bonds. The molecule has 1 aromatic rings. The standard InChI is InChI=1S/C13H19F2NO/c1-4-17-8-9(2)16-10(3)12-7-11(14)5-6-13(12)15/h5-7,9-10,16H,4,8H2,1-3H3. The SMILES string of the molecule is CCOCC(C)NC(C)c1cc(F)ccc1F. The van der Waals surface area contributed by atoms with Gasteiger partial charge in [-0.2, -0.15) is 0 Å². The van der Waals surface area contributed by atoms with Crippen molar-refractivity contribution in [2.75, 3.05) is 13.2 Å². The van der Waals surface area contributed by atoms with Gasteiger partial charge < -0.3 is 10.1 Å². The van der Waals surface area contributed by atoms with E-state index in [4.69, 9.17) is 4.74 Å². The highest BCUT2D eigenvalue weighted by Crippen LogP contribution is 2.18. The first-order valence-corrected chi connectivity index (χ1v) is 5.83. The average Bonchev–Trinajstić information content (AvgIpc) is 2.29. The zero-order valence-corrected chi connectivity index (χ0v) is 10.5. The van der Waals surface area contributed by atoms with Crippen LogP contribution in [0.1, 0.15) is 32.4 Å². The van der Waals surface area contributed by atoms with Crippen LogP contribution >= 0.6 is 0 Å².